The molecule has 3 atom stereocenters. The van der Waals surface area contributed by atoms with E-state index in [9.17, 15) is 15.2 Å². The lowest BCUT2D eigenvalue weighted by Crippen LogP contribution is -2.65. The van der Waals surface area contributed by atoms with Crippen LogP contribution in [0.3, 0.4) is 0 Å². The predicted molar refractivity (Wildman–Crippen MR) is 90.8 cm³/mol. The van der Waals surface area contributed by atoms with Gasteiger partial charge in [0.15, 0.2) is 0 Å². The van der Waals surface area contributed by atoms with Gasteiger partial charge < -0.3 is 10.0 Å². The van der Waals surface area contributed by atoms with Gasteiger partial charge in [0.1, 0.15) is 6.04 Å². The first-order chi connectivity index (χ1) is 11.7. The first kappa shape index (κ1) is 16.6. The highest BCUT2D eigenvalue weighted by molar-refractivity contribution is 5.83. The van der Waals surface area contributed by atoms with Gasteiger partial charge in [0, 0.05) is 23.8 Å². The summed E-state index contributed by atoms with van der Waals surface area (Å²) in [6, 6.07) is 9.31. The van der Waals surface area contributed by atoms with Gasteiger partial charge >= 0.3 is 0 Å². The van der Waals surface area contributed by atoms with Crippen molar-refractivity contribution in [3.05, 3.63) is 35.4 Å². The van der Waals surface area contributed by atoms with Crippen LogP contribution in [0.1, 0.15) is 49.7 Å². The number of aliphatic hydroxyl groups is 1. The minimum absolute atomic E-state index is 0.0268. The van der Waals surface area contributed by atoms with Crippen LogP contribution < -0.4 is 0 Å². The topological polar surface area (TPSA) is 64.3 Å². The van der Waals surface area contributed by atoms with Crippen molar-refractivity contribution >= 4 is 5.91 Å². The van der Waals surface area contributed by atoms with Gasteiger partial charge in [-0.3, -0.25) is 4.79 Å². The fourth-order valence-electron chi connectivity index (χ4n) is 3.33. The number of carbonyl (C=O) groups excluding carboxylic acids is 1. The molecule has 4 heteroatoms. The van der Waals surface area contributed by atoms with Crippen LogP contribution in [0.25, 0.3) is 0 Å². The van der Waals surface area contributed by atoms with E-state index in [1.54, 1.807) is 4.90 Å². The number of amides is 1. The molecule has 0 bridgehead atoms. The molecule has 4 nitrogen and oxygen atoms in total. The summed E-state index contributed by atoms with van der Waals surface area (Å²) in [4.78, 5) is 13.9. The molecule has 2 fully saturated rings. The van der Waals surface area contributed by atoms with Crippen LogP contribution in [-0.4, -0.2) is 34.6 Å². The van der Waals surface area contributed by atoms with Crippen LogP contribution in [0.4, 0.5) is 0 Å². The molecule has 0 unspecified atom stereocenters. The first-order valence-electron chi connectivity index (χ1n) is 8.62. The fourth-order valence-corrected chi connectivity index (χ4v) is 3.33. The van der Waals surface area contributed by atoms with Gasteiger partial charge in [0.2, 0.25) is 5.91 Å². The average Bonchev–Trinajstić information content (AvgIpc) is 3.41. The van der Waals surface area contributed by atoms with Gasteiger partial charge in [0.25, 0.3) is 0 Å². The largest absolute Gasteiger partial charge is 0.394 e. The van der Waals surface area contributed by atoms with E-state index in [1.807, 2.05) is 24.3 Å². The lowest BCUT2D eigenvalue weighted by molar-refractivity contribution is -0.148. The van der Waals surface area contributed by atoms with Gasteiger partial charge in [0.05, 0.1) is 18.7 Å². The highest BCUT2D eigenvalue weighted by atomic mass is 16.3. The second kappa shape index (κ2) is 7.07. The van der Waals surface area contributed by atoms with Crippen molar-refractivity contribution < 1.29 is 9.90 Å². The molecule has 0 radical (unpaired) electrons. The summed E-state index contributed by atoms with van der Waals surface area (Å²) in [5, 5.41) is 19.2. The van der Waals surface area contributed by atoms with Crippen molar-refractivity contribution in [2.75, 3.05) is 6.61 Å². The molecule has 0 spiro atoms. The smallest absolute Gasteiger partial charge is 0.227 e. The number of nitriles is 1. The molecule has 1 aliphatic heterocycles. The molecule has 1 heterocycles. The van der Waals surface area contributed by atoms with Crippen LogP contribution in [0.2, 0.25) is 0 Å². The highest BCUT2D eigenvalue weighted by Gasteiger charge is 2.53. The maximum absolute atomic E-state index is 12.3. The standard InChI is InChI=1S/C20H22N2O2/c1-2-3-4-5-14-6-8-15(9-7-14)19-17(12-21)22(18(19)13-23)20(24)16-10-11-16/h6-9,16-19,23H,2-3,10-11,13H2,1H3/t17-,18-,19+/m1/s1. The second-order valence-corrected chi connectivity index (χ2v) is 6.54. The Labute approximate surface area is 143 Å². The quantitative estimate of drug-likeness (QED) is 0.866. The number of likely N-dealkylation sites (tertiary alicyclic amines) is 1. The molecule has 1 aromatic rings. The zero-order valence-corrected chi connectivity index (χ0v) is 13.9. The van der Waals surface area contributed by atoms with Crippen LogP contribution in [0.5, 0.6) is 0 Å². The Morgan fingerprint density at radius 2 is 2.04 bits per heavy atom. The molecule has 1 saturated carbocycles. The predicted octanol–water partition coefficient (Wildman–Crippen LogP) is 2.43. The molecular formula is C20H22N2O2. The monoisotopic (exact) mass is 322 g/mol. The van der Waals surface area contributed by atoms with Crippen molar-refractivity contribution in [1.29, 1.82) is 5.26 Å². The molecule has 24 heavy (non-hydrogen) atoms. The lowest BCUT2D eigenvalue weighted by atomic mass is 9.75. The number of rotatable bonds is 4. The summed E-state index contributed by atoms with van der Waals surface area (Å²) >= 11 is 0. The molecule has 1 N–H and O–H groups in total. The van der Waals surface area contributed by atoms with Crippen LogP contribution >= 0.6 is 0 Å². The summed E-state index contributed by atoms with van der Waals surface area (Å²) < 4.78 is 0. The van der Waals surface area contributed by atoms with Crippen molar-refractivity contribution in [3.63, 3.8) is 0 Å². The average molecular weight is 322 g/mol. The normalized spacial score (nSPS) is 25.2. The van der Waals surface area contributed by atoms with Gasteiger partial charge in [-0.25, -0.2) is 0 Å². The minimum atomic E-state index is -0.479. The Morgan fingerprint density at radius 1 is 1.33 bits per heavy atom. The molecule has 124 valence electrons. The molecule has 1 amide bonds. The fraction of sp³-hybridized carbons (Fsp3) is 0.500. The Morgan fingerprint density at radius 3 is 2.58 bits per heavy atom. The molecule has 2 aliphatic rings. The van der Waals surface area contributed by atoms with E-state index in [-0.39, 0.29) is 30.4 Å². The van der Waals surface area contributed by atoms with Gasteiger partial charge in [-0.05, 0) is 37.0 Å². The highest BCUT2D eigenvalue weighted by Crippen LogP contribution is 2.44. The van der Waals surface area contributed by atoms with E-state index in [0.29, 0.717) is 0 Å². The van der Waals surface area contributed by atoms with E-state index in [2.05, 4.69) is 24.8 Å². The van der Waals surface area contributed by atoms with Crippen LogP contribution in [0.15, 0.2) is 24.3 Å². The van der Waals surface area contributed by atoms with Gasteiger partial charge in [-0.1, -0.05) is 30.9 Å². The molecule has 3 rings (SSSR count). The summed E-state index contributed by atoms with van der Waals surface area (Å²) in [5.41, 5.74) is 1.94. The number of unbranched alkanes of at least 4 members (excludes halogenated alkanes) is 1. The number of carbonyl (C=O) groups is 1. The Hall–Kier alpha value is -2.30. The number of hydrogen-bond acceptors (Lipinski definition) is 3. The van der Waals surface area contributed by atoms with E-state index in [4.69, 9.17) is 0 Å². The van der Waals surface area contributed by atoms with E-state index >= 15 is 0 Å². The maximum Gasteiger partial charge on any atom is 0.227 e. The zero-order chi connectivity index (χ0) is 17.1. The third-order valence-electron chi connectivity index (χ3n) is 4.82. The maximum atomic E-state index is 12.3. The van der Waals surface area contributed by atoms with E-state index in [0.717, 1.165) is 36.8 Å². The number of nitrogens with zero attached hydrogens (tertiary/aromatic N) is 2. The second-order valence-electron chi connectivity index (χ2n) is 6.54. The Bertz CT molecular complexity index is 704. The minimum Gasteiger partial charge on any atom is -0.394 e. The number of benzene rings is 1. The molecule has 1 saturated heterocycles. The molecule has 1 aliphatic carbocycles. The molecular weight excluding hydrogens is 300 g/mol. The van der Waals surface area contributed by atoms with Crippen molar-refractivity contribution in [2.45, 2.75) is 50.6 Å². The van der Waals surface area contributed by atoms with E-state index in [1.165, 1.54) is 0 Å². The third kappa shape index (κ3) is 3.03. The third-order valence-corrected chi connectivity index (χ3v) is 4.82. The van der Waals surface area contributed by atoms with Crippen molar-refractivity contribution in [1.82, 2.24) is 4.90 Å². The van der Waals surface area contributed by atoms with Gasteiger partial charge in [-0.15, -0.1) is 0 Å². The summed E-state index contributed by atoms with van der Waals surface area (Å²) in [6.45, 7) is 1.99. The first-order valence-corrected chi connectivity index (χ1v) is 8.62. The van der Waals surface area contributed by atoms with Crippen LogP contribution in [0, 0.1) is 29.1 Å². The SMILES string of the molecule is CCCC#Cc1ccc([C@H]2[C@@H](C#N)N(C(=O)C3CC3)[C@@H]2CO)cc1. The zero-order valence-electron chi connectivity index (χ0n) is 13.9. The molecule has 0 aromatic heterocycles. The molecule has 1 aromatic carbocycles. The number of hydrogen-bond donors (Lipinski definition) is 1. The Balaban J connectivity index is 1.77. The Kier molecular flexibility index (Phi) is 4.88. The number of aliphatic hydroxyl groups excluding tert-OH is 1. The summed E-state index contributed by atoms with van der Waals surface area (Å²) in [5.74, 6) is 6.20. The van der Waals surface area contributed by atoms with Gasteiger partial charge in [-0.2, -0.15) is 5.26 Å². The van der Waals surface area contributed by atoms with E-state index < -0.39 is 6.04 Å². The summed E-state index contributed by atoms with van der Waals surface area (Å²) in [6.07, 6.45) is 3.73. The van der Waals surface area contributed by atoms with Crippen molar-refractivity contribution in [2.24, 2.45) is 5.92 Å². The summed E-state index contributed by atoms with van der Waals surface area (Å²) in [7, 11) is 0. The van der Waals surface area contributed by atoms with Crippen molar-refractivity contribution in [3.8, 4) is 17.9 Å². The van der Waals surface area contributed by atoms with Crippen LogP contribution in [-0.2, 0) is 4.79 Å². The lowest BCUT2D eigenvalue weighted by Gasteiger charge is -2.51.